The smallest absolute Gasteiger partial charge is 0.241 e. The Morgan fingerprint density at radius 2 is 2.31 bits per heavy atom. The van der Waals surface area contributed by atoms with E-state index in [0.29, 0.717) is 12.1 Å². The summed E-state index contributed by atoms with van der Waals surface area (Å²) >= 11 is 0. The fourth-order valence-corrected chi connectivity index (χ4v) is 1.19. The maximum Gasteiger partial charge on any atom is 0.241 e. The molecule has 1 rings (SSSR count). The SMILES string of the molecule is CCN(C)C(=O)CNc1cccc(C#N)c1. The summed E-state index contributed by atoms with van der Waals surface area (Å²) in [5.74, 6) is 0.0323. The van der Waals surface area contributed by atoms with Crippen molar-refractivity contribution in [3.05, 3.63) is 29.8 Å². The molecule has 1 amide bonds. The highest BCUT2D eigenvalue weighted by molar-refractivity contribution is 5.80. The molecule has 0 unspecified atom stereocenters. The summed E-state index contributed by atoms with van der Waals surface area (Å²) in [7, 11) is 1.76. The minimum Gasteiger partial charge on any atom is -0.376 e. The van der Waals surface area contributed by atoms with Crippen LogP contribution in [-0.2, 0) is 4.79 Å². The van der Waals surface area contributed by atoms with Crippen LogP contribution in [0.25, 0.3) is 0 Å². The summed E-state index contributed by atoms with van der Waals surface area (Å²) < 4.78 is 0. The molecule has 0 atom stereocenters. The zero-order valence-electron chi connectivity index (χ0n) is 9.53. The quantitative estimate of drug-likeness (QED) is 0.830. The Labute approximate surface area is 95.5 Å². The number of carbonyl (C=O) groups excluding carboxylic acids is 1. The molecule has 0 spiro atoms. The van der Waals surface area contributed by atoms with Crippen LogP contribution in [0.3, 0.4) is 0 Å². The predicted molar refractivity (Wildman–Crippen MR) is 63.0 cm³/mol. The second-order valence-electron chi connectivity index (χ2n) is 3.45. The van der Waals surface area contributed by atoms with E-state index >= 15 is 0 Å². The van der Waals surface area contributed by atoms with Gasteiger partial charge in [0.15, 0.2) is 0 Å². The fraction of sp³-hybridized carbons (Fsp3) is 0.333. The standard InChI is InChI=1S/C12H15N3O/c1-3-15(2)12(16)9-14-11-6-4-5-10(7-11)8-13/h4-7,14H,3,9H2,1-2H3. The molecule has 0 saturated carbocycles. The number of nitrogens with one attached hydrogen (secondary N) is 1. The number of likely N-dealkylation sites (N-methyl/N-ethyl adjacent to an activating group) is 1. The number of hydrogen-bond donors (Lipinski definition) is 1. The first kappa shape index (κ1) is 12.1. The van der Waals surface area contributed by atoms with E-state index < -0.39 is 0 Å². The number of anilines is 1. The van der Waals surface area contributed by atoms with Gasteiger partial charge in [-0.05, 0) is 25.1 Å². The fourth-order valence-electron chi connectivity index (χ4n) is 1.19. The van der Waals surface area contributed by atoms with Gasteiger partial charge in [-0.15, -0.1) is 0 Å². The van der Waals surface area contributed by atoms with E-state index in [9.17, 15) is 4.79 Å². The average molecular weight is 217 g/mol. The molecule has 4 heteroatoms. The van der Waals surface area contributed by atoms with Gasteiger partial charge in [-0.3, -0.25) is 4.79 Å². The van der Waals surface area contributed by atoms with Crippen molar-refractivity contribution in [1.29, 1.82) is 5.26 Å². The Balaban J connectivity index is 2.55. The van der Waals surface area contributed by atoms with Crippen LogP contribution in [0.5, 0.6) is 0 Å². The number of carbonyl (C=O) groups is 1. The lowest BCUT2D eigenvalue weighted by Gasteiger charge is -2.15. The zero-order chi connectivity index (χ0) is 12.0. The summed E-state index contributed by atoms with van der Waals surface area (Å²) in [6.07, 6.45) is 0. The molecule has 0 bridgehead atoms. The average Bonchev–Trinajstić information content (AvgIpc) is 2.35. The molecule has 0 heterocycles. The molecular formula is C12H15N3O. The Kier molecular flexibility index (Phi) is 4.34. The van der Waals surface area contributed by atoms with Crippen LogP contribution in [0, 0.1) is 11.3 Å². The van der Waals surface area contributed by atoms with Gasteiger partial charge >= 0.3 is 0 Å². The summed E-state index contributed by atoms with van der Waals surface area (Å²) in [6.45, 7) is 2.87. The third-order valence-corrected chi connectivity index (χ3v) is 2.34. The second-order valence-corrected chi connectivity index (χ2v) is 3.45. The molecule has 1 N–H and O–H groups in total. The molecule has 0 aliphatic heterocycles. The van der Waals surface area contributed by atoms with Crippen LogP contribution in [0.4, 0.5) is 5.69 Å². The molecule has 4 nitrogen and oxygen atoms in total. The van der Waals surface area contributed by atoms with Gasteiger partial charge < -0.3 is 10.2 Å². The van der Waals surface area contributed by atoms with Gasteiger partial charge in [0.2, 0.25) is 5.91 Å². The Morgan fingerprint density at radius 3 is 2.94 bits per heavy atom. The second kappa shape index (κ2) is 5.76. The third kappa shape index (κ3) is 3.28. The maximum atomic E-state index is 11.5. The molecule has 1 aromatic rings. The number of amides is 1. The van der Waals surface area contributed by atoms with Crippen molar-refractivity contribution in [2.24, 2.45) is 0 Å². The van der Waals surface area contributed by atoms with Crippen LogP contribution in [-0.4, -0.2) is 30.9 Å². The van der Waals surface area contributed by atoms with Crippen molar-refractivity contribution in [1.82, 2.24) is 4.90 Å². The maximum absolute atomic E-state index is 11.5. The predicted octanol–water partition coefficient (Wildman–Crippen LogP) is 1.45. The topological polar surface area (TPSA) is 56.1 Å². The van der Waals surface area contributed by atoms with Crippen LogP contribution in [0.2, 0.25) is 0 Å². The van der Waals surface area contributed by atoms with E-state index in [1.807, 2.05) is 13.0 Å². The van der Waals surface area contributed by atoms with Crippen molar-refractivity contribution < 1.29 is 4.79 Å². The molecule has 0 aromatic heterocycles. The van der Waals surface area contributed by atoms with Gasteiger partial charge in [-0.25, -0.2) is 0 Å². The highest BCUT2D eigenvalue weighted by atomic mass is 16.2. The van der Waals surface area contributed by atoms with E-state index in [0.717, 1.165) is 5.69 Å². The zero-order valence-corrected chi connectivity index (χ0v) is 9.53. The van der Waals surface area contributed by atoms with Gasteiger partial charge in [0.05, 0.1) is 18.2 Å². The molecule has 0 saturated heterocycles. The van der Waals surface area contributed by atoms with E-state index in [4.69, 9.17) is 5.26 Å². The molecule has 0 radical (unpaired) electrons. The minimum absolute atomic E-state index is 0.0323. The Bertz CT molecular complexity index is 409. The molecule has 84 valence electrons. The molecule has 16 heavy (non-hydrogen) atoms. The third-order valence-electron chi connectivity index (χ3n) is 2.34. The van der Waals surface area contributed by atoms with Crippen molar-refractivity contribution >= 4 is 11.6 Å². The van der Waals surface area contributed by atoms with Crippen molar-refractivity contribution in [2.45, 2.75) is 6.92 Å². The van der Waals surface area contributed by atoms with Crippen LogP contribution in [0.15, 0.2) is 24.3 Å². The lowest BCUT2D eigenvalue weighted by molar-refractivity contribution is -0.127. The number of rotatable bonds is 4. The summed E-state index contributed by atoms with van der Waals surface area (Å²) in [6, 6.07) is 9.12. The Morgan fingerprint density at radius 1 is 1.56 bits per heavy atom. The summed E-state index contributed by atoms with van der Waals surface area (Å²) in [4.78, 5) is 13.1. The van der Waals surface area contributed by atoms with Crippen molar-refractivity contribution in [3.8, 4) is 6.07 Å². The minimum atomic E-state index is 0.0323. The number of nitrogens with zero attached hydrogens (tertiary/aromatic N) is 2. The van der Waals surface area contributed by atoms with Gasteiger partial charge in [-0.1, -0.05) is 6.07 Å². The summed E-state index contributed by atoms with van der Waals surface area (Å²) in [5, 5.41) is 11.7. The van der Waals surface area contributed by atoms with Crippen molar-refractivity contribution in [3.63, 3.8) is 0 Å². The van der Waals surface area contributed by atoms with E-state index in [1.165, 1.54) is 0 Å². The van der Waals surface area contributed by atoms with Gasteiger partial charge in [-0.2, -0.15) is 5.26 Å². The van der Waals surface area contributed by atoms with Gasteiger partial charge in [0.1, 0.15) is 0 Å². The van der Waals surface area contributed by atoms with Gasteiger partial charge in [0.25, 0.3) is 0 Å². The van der Waals surface area contributed by atoms with E-state index in [2.05, 4.69) is 11.4 Å². The highest BCUT2D eigenvalue weighted by Gasteiger charge is 2.05. The number of nitriles is 1. The van der Waals surface area contributed by atoms with Crippen LogP contribution >= 0.6 is 0 Å². The number of hydrogen-bond acceptors (Lipinski definition) is 3. The lowest BCUT2D eigenvalue weighted by atomic mass is 10.2. The van der Waals surface area contributed by atoms with Gasteiger partial charge in [0, 0.05) is 19.3 Å². The molecule has 0 aliphatic carbocycles. The molecular weight excluding hydrogens is 202 g/mol. The first-order valence-corrected chi connectivity index (χ1v) is 5.15. The lowest BCUT2D eigenvalue weighted by Crippen LogP contribution is -2.31. The number of benzene rings is 1. The van der Waals surface area contributed by atoms with E-state index in [-0.39, 0.29) is 12.5 Å². The monoisotopic (exact) mass is 217 g/mol. The van der Waals surface area contributed by atoms with Crippen LogP contribution in [0.1, 0.15) is 12.5 Å². The molecule has 1 aromatic carbocycles. The normalized spacial score (nSPS) is 9.31. The van der Waals surface area contributed by atoms with Crippen LogP contribution < -0.4 is 5.32 Å². The summed E-state index contributed by atoms with van der Waals surface area (Å²) in [5.41, 5.74) is 1.37. The highest BCUT2D eigenvalue weighted by Crippen LogP contribution is 2.09. The largest absolute Gasteiger partial charge is 0.376 e. The van der Waals surface area contributed by atoms with E-state index in [1.54, 1.807) is 30.1 Å². The van der Waals surface area contributed by atoms with Crippen molar-refractivity contribution in [2.75, 3.05) is 25.5 Å². The Hall–Kier alpha value is -2.02. The first-order valence-electron chi connectivity index (χ1n) is 5.15. The molecule has 0 fully saturated rings. The first-order chi connectivity index (χ1) is 7.67. The molecule has 0 aliphatic rings.